The summed E-state index contributed by atoms with van der Waals surface area (Å²) in [6.07, 6.45) is -0.674. The number of ether oxygens (including phenoxy) is 3. The summed E-state index contributed by atoms with van der Waals surface area (Å²) in [7, 11) is 0. The van der Waals surface area contributed by atoms with Crippen molar-refractivity contribution in [3.63, 3.8) is 0 Å². The molecule has 3 rings (SSSR count). The first-order valence-corrected chi connectivity index (χ1v) is 11.8. The fraction of sp³-hybridized carbons (Fsp3) is 0.680. The second kappa shape index (κ2) is 11.6. The zero-order chi connectivity index (χ0) is 24.0. The van der Waals surface area contributed by atoms with Gasteiger partial charge in [0.05, 0.1) is 30.3 Å². The molecule has 1 aromatic rings. The summed E-state index contributed by atoms with van der Waals surface area (Å²) in [6, 6.07) is 2.36. The third-order valence-corrected chi connectivity index (χ3v) is 6.70. The number of hydrogen-bond donors (Lipinski definition) is 0. The lowest BCUT2D eigenvalue weighted by molar-refractivity contribution is -0.242. The quantitative estimate of drug-likeness (QED) is 0.258. The molecule has 0 N–H and O–H groups in total. The SMILES string of the molecule is C=CCCC1CCC(C(F)(F)Oc2ccc(C3CCC(OCC)CC3)c(C(F)F)c2F)CO1. The zero-order valence-electron chi connectivity index (χ0n) is 19.0. The third kappa shape index (κ3) is 6.47. The maximum absolute atomic E-state index is 15.0. The van der Waals surface area contributed by atoms with E-state index < -0.39 is 35.6 Å². The van der Waals surface area contributed by atoms with Gasteiger partial charge in [-0.1, -0.05) is 12.1 Å². The molecule has 1 saturated heterocycles. The lowest BCUT2D eigenvalue weighted by atomic mass is 9.80. The molecule has 0 spiro atoms. The summed E-state index contributed by atoms with van der Waals surface area (Å²) < 4.78 is 88.0. The lowest BCUT2D eigenvalue weighted by Gasteiger charge is -2.34. The minimum atomic E-state index is -3.74. The molecule has 2 atom stereocenters. The average Bonchev–Trinajstić information content (AvgIpc) is 2.79. The highest BCUT2D eigenvalue weighted by atomic mass is 19.3. The van der Waals surface area contributed by atoms with E-state index in [1.165, 1.54) is 6.07 Å². The van der Waals surface area contributed by atoms with Crippen LogP contribution < -0.4 is 4.74 Å². The van der Waals surface area contributed by atoms with Crippen molar-refractivity contribution in [2.24, 2.45) is 5.92 Å². The van der Waals surface area contributed by atoms with Crippen molar-refractivity contribution in [2.75, 3.05) is 13.2 Å². The largest absolute Gasteiger partial charge is 0.429 e. The molecule has 8 heteroatoms. The van der Waals surface area contributed by atoms with Gasteiger partial charge in [-0.2, -0.15) is 8.78 Å². The smallest absolute Gasteiger partial charge is 0.403 e. The van der Waals surface area contributed by atoms with Crippen LogP contribution in [0.3, 0.4) is 0 Å². The van der Waals surface area contributed by atoms with E-state index in [4.69, 9.17) is 14.2 Å². The number of benzene rings is 1. The van der Waals surface area contributed by atoms with Crippen LogP contribution in [0.15, 0.2) is 24.8 Å². The van der Waals surface area contributed by atoms with E-state index in [0.717, 1.165) is 12.5 Å². The lowest BCUT2D eigenvalue weighted by Crippen LogP contribution is -2.42. The molecule has 1 aliphatic heterocycles. The molecular formula is C25H33F5O3. The van der Waals surface area contributed by atoms with Crippen LogP contribution in [0.1, 0.15) is 81.8 Å². The van der Waals surface area contributed by atoms with Crippen LogP contribution in [0.5, 0.6) is 5.75 Å². The normalized spacial score (nSPS) is 26.4. The van der Waals surface area contributed by atoms with Gasteiger partial charge >= 0.3 is 6.11 Å². The van der Waals surface area contributed by atoms with Crippen LogP contribution in [0.4, 0.5) is 22.0 Å². The molecule has 186 valence electrons. The number of halogens is 5. The van der Waals surface area contributed by atoms with Crippen LogP contribution >= 0.6 is 0 Å². The van der Waals surface area contributed by atoms with Crippen molar-refractivity contribution >= 4 is 0 Å². The summed E-state index contributed by atoms with van der Waals surface area (Å²) in [5.41, 5.74) is -0.674. The zero-order valence-corrected chi connectivity index (χ0v) is 19.0. The van der Waals surface area contributed by atoms with Gasteiger partial charge in [0.25, 0.3) is 6.43 Å². The molecule has 2 fully saturated rings. The van der Waals surface area contributed by atoms with Crippen LogP contribution in [-0.4, -0.2) is 31.5 Å². The van der Waals surface area contributed by atoms with Crippen LogP contribution in [0.2, 0.25) is 0 Å². The van der Waals surface area contributed by atoms with Crippen molar-refractivity contribution in [1.29, 1.82) is 0 Å². The minimum Gasteiger partial charge on any atom is -0.429 e. The molecule has 1 heterocycles. The predicted octanol–water partition coefficient (Wildman–Crippen LogP) is 7.56. The maximum atomic E-state index is 15.0. The molecule has 1 aliphatic carbocycles. The Kier molecular flexibility index (Phi) is 9.16. The molecule has 1 aromatic carbocycles. The van der Waals surface area contributed by atoms with Gasteiger partial charge in [0.15, 0.2) is 11.6 Å². The Morgan fingerprint density at radius 2 is 1.88 bits per heavy atom. The number of alkyl halides is 4. The first kappa shape index (κ1) is 25.9. The van der Waals surface area contributed by atoms with E-state index in [0.29, 0.717) is 45.1 Å². The Bertz CT molecular complexity index is 770. The molecule has 0 aromatic heterocycles. The predicted molar refractivity (Wildman–Crippen MR) is 115 cm³/mol. The summed E-state index contributed by atoms with van der Waals surface area (Å²) in [5.74, 6) is -3.81. The van der Waals surface area contributed by atoms with Gasteiger partial charge in [-0.3, -0.25) is 0 Å². The Hall–Kier alpha value is -1.67. The van der Waals surface area contributed by atoms with E-state index in [-0.39, 0.29) is 36.7 Å². The van der Waals surface area contributed by atoms with Gasteiger partial charge in [0.1, 0.15) is 0 Å². The highest BCUT2D eigenvalue weighted by Crippen LogP contribution is 2.43. The minimum absolute atomic E-state index is 0.0708. The number of hydrogen-bond acceptors (Lipinski definition) is 3. The van der Waals surface area contributed by atoms with Crippen LogP contribution in [0.25, 0.3) is 0 Å². The second-order valence-corrected chi connectivity index (χ2v) is 8.87. The summed E-state index contributed by atoms with van der Waals surface area (Å²) in [4.78, 5) is 0. The van der Waals surface area contributed by atoms with E-state index >= 15 is 4.39 Å². The van der Waals surface area contributed by atoms with E-state index in [1.54, 1.807) is 6.08 Å². The van der Waals surface area contributed by atoms with Gasteiger partial charge in [-0.15, -0.1) is 6.58 Å². The standard InChI is InChI=1S/C25H33F5O3/c1-3-5-6-18-12-9-17(15-32-18)25(29,30)33-21-14-13-20(22(23(21)26)24(27)28)16-7-10-19(11-8-16)31-4-2/h3,13-14,16-19,24H,1,4-12,15H2,2H3. The van der Waals surface area contributed by atoms with Crippen LogP contribution in [0, 0.1) is 11.7 Å². The fourth-order valence-electron chi connectivity index (χ4n) is 4.85. The van der Waals surface area contributed by atoms with Crippen molar-refractivity contribution in [3.05, 3.63) is 41.7 Å². The van der Waals surface area contributed by atoms with Crippen LogP contribution in [-0.2, 0) is 9.47 Å². The van der Waals surface area contributed by atoms with Gasteiger partial charge in [-0.05, 0) is 75.8 Å². The van der Waals surface area contributed by atoms with Crippen molar-refractivity contribution in [1.82, 2.24) is 0 Å². The number of rotatable bonds is 10. The maximum Gasteiger partial charge on any atom is 0.403 e. The summed E-state index contributed by atoms with van der Waals surface area (Å²) in [6.45, 7) is 5.87. The molecule has 3 nitrogen and oxygen atoms in total. The molecule has 1 saturated carbocycles. The average molecular weight is 477 g/mol. The van der Waals surface area contributed by atoms with E-state index in [9.17, 15) is 17.6 Å². The first-order chi connectivity index (χ1) is 15.8. The topological polar surface area (TPSA) is 27.7 Å². The van der Waals surface area contributed by atoms with Gasteiger partial charge < -0.3 is 14.2 Å². The molecule has 0 amide bonds. The fourth-order valence-corrected chi connectivity index (χ4v) is 4.85. The van der Waals surface area contributed by atoms with Gasteiger partial charge in [-0.25, -0.2) is 13.2 Å². The van der Waals surface area contributed by atoms with E-state index in [1.807, 2.05) is 6.92 Å². The second-order valence-electron chi connectivity index (χ2n) is 8.87. The monoisotopic (exact) mass is 476 g/mol. The first-order valence-electron chi connectivity index (χ1n) is 11.8. The Morgan fingerprint density at radius 1 is 1.15 bits per heavy atom. The van der Waals surface area contributed by atoms with Gasteiger partial charge in [0.2, 0.25) is 0 Å². The Balaban J connectivity index is 1.71. The Morgan fingerprint density at radius 3 is 2.45 bits per heavy atom. The molecule has 33 heavy (non-hydrogen) atoms. The molecule has 2 aliphatic rings. The molecule has 0 radical (unpaired) electrons. The Labute approximate surface area is 192 Å². The molecular weight excluding hydrogens is 443 g/mol. The van der Waals surface area contributed by atoms with E-state index in [2.05, 4.69) is 6.58 Å². The number of allylic oxidation sites excluding steroid dienone is 1. The van der Waals surface area contributed by atoms with Gasteiger partial charge in [0, 0.05) is 6.61 Å². The summed E-state index contributed by atoms with van der Waals surface area (Å²) in [5, 5.41) is 0. The van der Waals surface area contributed by atoms with Crippen molar-refractivity contribution in [2.45, 2.75) is 89.0 Å². The van der Waals surface area contributed by atoms with Crippen molar-refractivity contribution in [3.8, 4) is 5.75 Å². The highest BCUT2D eigenvalue weighted by Gasteiger charge is 2.45. The third-order valence-electron chi connectivity index (χ3n) is 6.70. The molecule has 2 unspecified atom stereocenters. The highest BCUT2D eigenvalue weighted by molar-refractivity contribution is 5.41. The molecule has 0 bridgehead atoms. The summed E-state index contributed by atoms with van der Waals surface area (Å²) >= 11 is 0. The van der Waals surface area contributed by atoms with Crippen molar-refractivity contribution < 1.29 is 36.2 Å².